The number of esters is 1. The Bertz CT molecular complexity index is 765. The summed E-state index contributed by atoms with van der Waals surface area (Å²) < 4.78 is 13.7. The van der Waals surface area contributed by atoms with E-state index in [2.05, 4.69) is 49.9 Å². The minimum atomic E-state index is -0.270. The lowest BCUT2D eigenvalue weighted by Gasteiger charge is -2.34. The Labute approximate surface area is 154 Å². The molecule has 2 heterocycles. The van der Waals surface area contributed by atoms with Crippen LogP contribution in [0.15, 0.2) is 30.9 Å². The van der Waals surface area contributed by atoms with Crippen molar-refractivity contribution in [1.82, 2.24) is 14.8 Å². The third-order valence-electron chi connectivity index (χ3n) is 4.85. The van der Waals surface area contributed by atoms with E-state index >= 15 is 0 Å². The van der Waals surface area contributed by atoms with Crippen molar-refractivity contribution in [2.75, 3.05) is 0 Å². The van der Waals surface area contributed by atoms with Crippen molar-refractivity contribution >= 4 is 5.97 Å². The number of hydrogen-bond acceptors (Lipinski definition) is 5. The van der Waals surface area contributed by atoms with E-state index in [0.717, 1.165) is 12.2 Å². The molecule has 0 bridgehead atoms. The Morgan fingerprint density at radius 2 is 2.19 bits per heavy atom. The van der Waals surface area contributed by atoms with Gasteiger partial charge in [0.15, 0.2) is 0 Å². The number of hydrogen-bond donors (Lipinski definition) is 0. The third-order valence-corrected chi connectivity index (χ3v) is 4.85. The van der Waals surface area contributed by atoms with Crippen LogP contribution in [0, 0.1) is 12.3 Å². The summed E-state index contributed by atoms with van der Waals surface area (Å²) >= 11 is 0. The van der Waals surface area contributed by atoms with Crippen molar-refractivity contribution in [3.8, 4) is 5.75 Å². The van der Waals surface area contributed by atoms with Gasteiger partial charge in [-0.3, -0.25) is 4.79 Å². The fourth-order valence-electron chi connectivity index (χ4n) is 3.44. The number of aryl methyl sites for hydroxylation is 1. The molecule has 140 valence electrons. The summed E-state index contributed by atoms with van der Waals surface area (Å²) in [6.07, 6.45) is 4.33. The van der Waals surface area contributed by atoms with E-state index in [0.29, 0.717) is 6.42 Å². The minimum absolute atomic E-state index is 0.0751. The first kappa shape index (κ1) is 18.4. The van der Waals surface area contributed by atoms with Gasteiger partial charge >= 0.3 is 5.97 Å². The molecule has 1 aromatic carbocycles. The standard InChI is InChI=1S/C20H27N3O3/c1-13-6-7-17-15(8-13)9-18(26-17)16(23-12-21-11-22-23)10-19(20(3,4)5)25-14(2)24/h6-8,11-12,16,18-19H,9-10H2,1-5H3. The molecule has 26 heavy (non-hydrogen) atoms. The van der Waals surface area contributed by atoms with Gasteiger partial charge in [-0.2, -0.15) is 5.10 Å². The van der Waals surface area contributed by atoms with E-state index in [9.17, 15) is 4.79 Å². The number of nitrogens with zero attached hydrogens (tertiary/aromatic N) is 3. The Morgan fingerprint density at radius 3 is 2.81 bits per heavy atom. The SMILES string of the molecule is CC(=O)OC(CC(C1Cc2cc(C)ccc2O1)n1cncn1)C(C)(C)C. The monoisotopic (exact) mass is 357 g/mol. The van der Waals surface area contributed by atoms with Crippen molar-refractivity contribution in [3.63, 3.8) is 0 Å². The molecule has 6 heteroatoms. The van der Waals surface area contributed by atoms with E-state index in [1.807, 2.05) is 10.7 Å². The summed E-state index contributed by atoms with van der Waals surface area (Å²) in [4.78, 5) is 15.7. The molecular weight excluding hydrogens is 330 g/mol. The Hall–Kier alpha value is -2.37. The van der Waals surface area contributed by atoms with Crippen molar-refractivity contribution in [2.45, 2.75) is 65.7 Å². The zero-order valence-corrected chi connectivity index (χ0v) is 16.1. The highest BCUT2D eigenvalue weighted by molar-refractivity contribution is 5.66. The zero-order valence-electron chi connectivity index (χ0n) is 16.1. The number of carbonyl (C=O) groups is 1. The molecule has 6 nitrogen and oxygen atoms in total. The second kappa shape index (κ2) is 7.09. The first-order chi connectivity index (χ1) is 12.2. The Kier molecular flexibility index (Phi) is 5.03. The van der Waals surface area contributed by atoms with Gasteiger partial charge in [-0.1, -0.05) is 38.5 Å². The van der Waals surface area contributed by atoms with E-state index in [4.69, 9.17) is 9.47 Å². The maximum atomic E-state index is 11.6. The van der Waals surface area contributed by atoms with Gasteiger partial charge in [0.1, 0.15) is 30.6 Å². The molecule has 3 unspecified atom stereocenters. The van der Waals surface area contributed by atoms with Crippen LogP contribution >= 0.6 is 0 Å². The quantitative estimate of drug-likeness (QED) is 0.766. The van der Waals surface area contributed by atoms with Gasteiger partial charge in [0, 0.05) is 19.8 Å². The molecule has 0 radical (unpaired) electrons. The lowest BCUT2D eigenvalue weighted by molar-refractivity contribution is -0.153. The third kappa shape index (κ3) is 4.06. The highest BCUT2D eigenvalue weighted by Gasteiger charge is 2.38. The molecule has 2 aromatic rings. The lowest BCUT2D eigenvalue weighted by atomic mass is 9.83. The van der Waals surface area contributed by atoms with Gasteiger partial charge in [-0.05, 0) is 24.0 Å². The topological polar surface area (TPSA) is 66.2 Å². The van der Waals surface area contributed by atoms with Crippen molar-refractivity contribution < 1.29 is 14.3 Å². The maximum Gasteiger partial charge on any atom is 0.302 e. The van der Waals surface area contributed by atoms with Crippen LogP contribution in [0.4, 0.5) is 0 Å². The first-order valence-electron chi connectivity index (χ1n) is 9.01. The van der Waals surface area contributed by atoms with Crippen molar-refractivity contribution in [2.24, 2.45) is 5.41 Å². The maximum absolute atomic E-state index is 11.6. The van der Waals surface area contributed by atoms with Crippen LogP contribution in [0.2, 0.25) is 0 Å². The summed E-state index contributed by atoms with van der Waals surface area (Å²) in [5.41, 5.74) is 2.24. The average molecular weight is 357 g/mol. The largest absolute Gasteiger partial charge is 0.488 e. The molecular formula is C20H27N3O3. The molecule has 0 N–H and O–H groups in total. The molecule has 0 amide bonds. The summed E-state index contributed by atoms with van der Waals surface area (Å²) in [6.45, 7) is 9.76. The van der Waals surface area contributed by atoms with Crippen LogP contribution in [0.3, 0.4) is 0 Å². The number of benzene rings is 1. The van der Waals surface area contributed by atoms with Crippen molar-refractivity contribution in [1.29, 1.82) is 0 Å². The van der Waals surface area contributed by atoms with E-state index in [-0.39, 0.29) is 29.6 Å². The molecule has 0 spiro atoms. The molecule has 0 saturated carbocycles. The number of ether oxygens (including phenoxy) is 2. The molecule has 1 aromatic heterocycles. The summed E-state index contributed by atoms with van der Waals surface area (Å²) in [7, 11) is 0. The molecule has 0 aliphatic carbocycles. The van der Waals surface area contributed by atoms with E-state index in [1.54, 1.807) is 6.33 Å². The number of aromatic nitrogens is 3. The van der Waals surface area contributed by atoms with Crippen LogP contribution in [0.25, 0.3) is 0 Å². The molecule has 1 aliphatic rings. The minimum Gasteiger partial charge on any atom is -0.488 e. The fourth-order valence-corrected chi connectivity index (χ4v) is 3.44. The zero-order chi connectivity index (χ0) is 18.9. The van der Waals surface area contributed by atoms with Crippen LogP contribution in [-0.2, 0) is 16.0 Å². The average Bonchev–Trinajstić information content (AvgIpc) is 3.18. The molecule has 3 rings (SSSR count). The molecule has 0 fully saturated rings. The fraction of sp³-hybridized carbons (Fsp3) is 0.550. The number of rotatable bonds is 5. The second-order valence-electron chi connectivity index (χ2n) is 8.11. The molecule has 3 atom stereocenters. The Balaban J connectivity index is 1.86. The molecule has 1 aliphatic heterocycles. The first-order valence-corrected chi connectivity index (χ1v) is 9.01. The normalized spacial score (nSPS) is 18.7. The van der Waals surface area contributed by atoms with E-state index in [1.165, 1.54) is 24.4 Å². The van der Waals surface area contributed by atoms with Gasteiger partial charge in [-0.15, -0.1) is 0 Å². The smallest absolute Gasteiger partial charge is 0.302 e. The second-order valence-corrected chi connectivity index (χ2v) is 8.11. The van der Waals surface area contributed by atoms with Gasteiger partial charge < -0.3 is 9.47 Å². The predicted molar refractivity (Wildman–Crippen MR) is 98.0 cm³/mol. The molecule has 0 saturated heterocycles. The van der Waals surface area contributed by atoms with Crippen LogP contribution in [-0.4, -0.2) is 32.9 Å². The summed E-state index contributed by atoms with van der Waals surface area (Å²) in [5, 5.41) is 4.34. The number of fused-ring (bicyclic) bond motifs is 1. The van der Waals surface area contributed by atoms with Crippen molar-refractivity contribution in [3.05, 3.63) is 42.0 Å². The number of carbonyl (C=O) groups excluding carboxylic acids is 1. The lowest BCUT2D eigenvalue weighted by Crippen LogP contribution is -2.38. The van der Waals surface area contributed by atoms with Gasteiger partial charge in [0.05, 0.1) is 6.04 Å². The summed E-state index contributed by atoms with van der Waals surface area (Å²) in [6, 6.07) is 6.17. The van der Waals surface area contributed by atoms with Gasteiger partial charge in [-0.25, -0.2) is 9.67 Å². The highest BCUT2D eigenvalue weighted by Crippen LogP contribution is 2.38. The van der Waals surface area contributed by atoms with Crippen LogP contribution in [0.5, 0.6) is 5.75 Å². The summed E-state index contributed by atoms with van der Waals surface area (Å²) in [5.74, 6) is 0.652. The van der Waals surface area contributed by atoms with Gasteiger partial charge in [0.2, 0.25) is 0 Å². The van der Waals surface area contributed by atoms with Crippen LogP contribution in [0.1, 0.15) is 51.3 Å². The van der Waals surface area contributed by atoms with E-state index < -0.39 is 0 Å². The highest BCUT2D eigenvalue weighted by atomic mass is 16.5. The van der Waals surface area contributed by atoms with Crippen LogP contribution < -0.4 is 4.74 Å². The Morgan fingerprint density at radius 1 is 1.42 bits per heavy atom. The predicted octanol–water partition coefficient (Wildman–Crippen LogP) is 3.50. The van der Waals surface area contributed by atoms with Gasteiger partial charge in [0.25, 0.3) is 0 Å².